The molecule has 2 heterocycles. The Kier molecular flexibility index (Phi) is 3.56. The first-order chi connectivity index (χ1) is 7.73. The molecule has 0 aromatic carbocycles. The van der Waals surface area contributed by atoms with Gasteiger partial charge in [0.2, 0.25) is 0 Å². The van der Waals surface area contributed by atoms with Crippen molar-refractivity contribution in [1.82, 2.24) is 14.8 Å². The summed E-state index contributed by atoms with van der Waals surface area (Å²) >= 11 is 0. The van der Waals surface area contributed by atoms with Gasteiger partial charge in [0.1, 0.15) is 12.2 Å². The summed E-state index contributed by atoms with van der Waals surface area (Å²) in [5.74, 6) is 0.868. The molecule has 0 spiro atoms. The maximum Gasteiger partial charge on any atom is 0.138 e. The van der Waals surface area contributed by atoms with Gasteiger partial charge in [0.25, 0.3) is 0 Å². The molecule has 1 aliphatic heterocycles. The minimum Gasteiger partial charge on any atom is -0.389 e. The van der Waals surface area contributed by atoms with Gasteiger partial charge in [0, 0.05) is 26.2 Å². The third-order valence-electron chi connectivity index (χ3n) is 3.12. The van der Waals surface area contributed by atoms with Crippen molar-refractivity contribution in [3.8, 4) is 0 Å². The summed E-state index contributed by atoms with van der Waals surface area (Å²) in [5.41, 5.74) is -0.670. The van der Waals surface area contributed by atoms with Gasteiger partial charge >= 0.3 is 0 Å². The molecule has 0 radical (unpaired) electrons. The van der Waals surface area contributed by atoms with E-state index in [1.165, 1.54) is 0 Å². The molecule has 1 aliphatic rings. The number of aromatic nitrogens is 3. The zero-order valence-electron chi connectivity index (χ0n) is 9.72. The van der Waals surface area contributed by atoms with Crippen LogP contribution in [0.15, 0.2) is 6.33 Å². The van der Waals surface area contributed by atoms with Crippen LogP contribution >= 0.6 is 0 Å². The number of hydrogen-bond donors (Lipinski definition) is 1. The highest BCUT2D eigenvalue weighted by molar-refractivity contribution is 4.95. The molecule has 0 saturated carbocycles. The standard InChI is InChI=1S/C11H19N3O2/c1-2-14-10(12-9-13-14)8-11(15)4-3-6-16-7-5-11/h9,15H,2-8H2,1H3. The highest BCUT2D eigenvalue weighted by Crippen LogP contribution is 2.24. The lowest BCUT2D eigenvalue weighted by Gasteiger charge is -2.25. The largest absolute Gasteiger partial charge is 0.389 e. The lowest BCUT2D eigenvalue weighted by Crippen LogP contribution is -2.33. The second-order valence-electron chi connectivity index (χ2n) is 4.36. The molecule has 0 aliphatic carbocycles. The summed E-state index contributed by atoms with van der Waals surface area (Å²) in [6.45, 7) is 4.21. The van der Waals surface area contributed by atoms with Crippen molar-refractivity contribution in [2.24, 2.45) is 0 Å². The number of aryl methyl sites for hydroxylation is 1. The monoisotopic (exact) mass is 225 g/mol. The van der Waals surface area contributed by atoms with Crippen LogP contribution in [0.5, 0.6) is 0 Å². The van der Waals surface area contributed by atoms with Crippen LogP contribution in [0, 0.1) is 0 Å². The van der Waals surface area contributed by atoms with E-state index in [0.29, 0.717) is 19.4 Å². The van der Waals surface area contributed by atoms with Crippen LogP contribution in [-0.4, -0.2) is 38.7 Å². The SMILES string of the molecule is CCn1ncnc1CC1(O)CCCOCC1. The van der Waals surface area contributed by atoms with E-state index < -0.39 is 5.60 Å². The molecule has 5 heteroatoms. The molecule has 1 aromatic rings. The van der Waals surface area contributed by atoms with Crippen molar-refractivity contribution in [3.05, 3.63) is 12.2 Å². The van der Waals surface area contributed by atoms with Crippen LogP contribution in [0.1, 0.15) is 32.0 Å². The first kappa shape index (κ1) is 11.5. The zero-order chi connectivity index (χ0) is 11.4. The van der Waals surface area contributed by atoms with Gasteiger partial charge in [-0.3, -0.25) is 4.68 Å². The van der Waals surface area contributed by atoms with Crippen molar-refractivity contribution in [3.63, 3.8) is 0 Å². The highest BCUT2D eigenvalue weighted by Gasteiger charge is 2.30. The molecule has 1 aromatic heterocycles. The summed E-state index contributed by atoms with van der Waals surface area (Å²) in [5, 5.41) is 14.6. The van der Waals surface area contributed by atoms with Gasteiger partial charge < -0.3 is 9.84 Å². The number of nitrogens with zero attached hydrogens (tertiary/aromatic N) is 3. The van der Waals surface area contributed by atoms with Crippen LogP contribution in [0.3, 0.4) is 0 Å². The summed E-state index contributed by atoms with van der Waals surface area (Å²) < 4.78 is 7.20. The van der Waals surface area contributed by atoms with Gasteiger partial charge in [0.15, 0.2) is 0 Å². The van der Waals surface area contributed by atoms with E-state index >= 15 is 0 Å². The van der Waals surface area contributed by atoms with E-state index in [1.807, 2.05) is 11.6 Å². The van der Waals surface area contributed by atoms with Gasteiger partial charge in [0.05, 0.1) is 5.60 Å². The quantitative estimate of drug-likeness (QED) is 0.825. The highest BCUT2D eigenvalue weighted by atomic mass is 16.5. The van der Waals surface area contributed by atoms with Crippen molar-refractivity contribution in [1.29, 1.82) is 0 Å². The zero-order valence-corrected chi connectivity index (χ0v) is 9.72. The van der Waals surface area contributed by atoms with Crippen LogP contribution in [0.25, 0.3) is 0 Å². The fourth-order valence-corrected chi connectivity index (χ4v) is 2.15. The minimum absolute atomic E-state index is 0.574. The lowest BCUT2D eigenvalue weighted by molar-refractivity contribution is 0.0163. The van der Waals surface area contributed by atoms with Gasteiger partial charge in [-0.25, -0.2) is 4.98 Å². The lowest BCUT2D eigenvalue weighted by atomic mass is 9.91. The number of ether oxygens (including phenoxy) is 1. The van der Waals surface area contributed by atoms with E-state index in [0.717, 1.165) is 31.8 Å². The van der Waals surface area contributed by atoms with E-state index in [2.05, 4.69) is 10.1 Å². The van der Waals surface area contributed by atoms with E-state index in [1.54, 1.807) is 6.33 Å². The number of hydrogen-bond acceptors (Lipinski definition) is 4. The Morgan fingerprint density at radius 1 is 1.50 bits per heavy atom. The molecule has 0 amide bonds. The Morgan fingerprint density at radius 2 is 2.38 bits per heavy atom. The smallest absolute Gasteiger partial charge is 0.138 e. The molecule has 1 fully saturated rings. The normalized spacial score (nSPS) is 26.6. The molecule has 1 unspecified atom stereocenters. The van der Waals surface area contributed by atoms with Crippen LogP contribution in [0.4, 0.5) is 0 Å². The Balaban J connectivity index is 2.06. The topological polar surface area (TPSA) is 60.2 Å². The van der Waals surface area contributed by atoms with E-state index in [-0.39, 0.29) is 0 Å². The van der Waals surface area contributed by atoms with Gasteiger partial charge in [-0.15, -0.1) is 0 Å². The minimum atomic E-state index is -0.670. The van der Waals surface area contributed by atoms with Crippen LogP contribution < -0.4 is 0 Å². The van der Waals surface area contributed by atoms with Crippen molar-refractivity contribution < 1.29 is 9.84 Å². The summed E-state index contributed by atoms with van der Waals surface area (Å²) in [6.07, 6.45) is 4.50. The first-order valence-electron chi connectivity index (χ1n) is 5.90. The molecule has 1 atom stereocenters. The fourth-order valence-electron chi connectivity index (χ4n) is 2.15. The van der Waals surface area contributed by atoms with Crippen LogP contribution in [-0.2, 0) is 17.7 Å². The summed E-state index contributed by atoms with van der Waals surface area (Å²) in [7, 11) is 0. The predicted molar refractivity (Wildman–Crippen MR) is 59.0 cm³/mol. The van der Waals surface area contributed by atoms with Crippen LogP contribution in [0.2, 0.25) is 0 Å². The fraction of sp³-hybridized carbons (Fsp3) is 0.818. The molecule has 2 rings (SSSR count). The van der Waals surface area contributed by atoms with Gasteiger partial charge in [-0.05, 0) is 26.2 Å². The molecule has 1 saturated heterocycles. The maximum atomic E-state index is 10.5. The average molecular weight is 225 g/mol. The summed E-state index contributed by atoms with van der Waals surface area (Å²) in [4.78, 5) is 4.21. The van der Waals surface area contributed by atoms with Gasteiger partial charge in [-0.1, -0.05) is 0 Å². The first-order valence-corrected chi connectivity index (χ1v) is 5.90. The predicted octanol–water partition coefficient (Wildman–Crippen LogP) is 0.772. The van der Waals surface area contributed by atoms with Crippen molar-refractivity contribution in [2.75, 3.05) is 13.2 Å². The molecular formula is C11H19N3O2. The van der Waals surface area contributed by atoms with E-state index in [4.69, 9.17) is 4.74 Å². The molecule has 1 N–H and O–H groups in total. The van der Waals surface area contributed by atoms with Crippen molar-refractivity contribution >= 4 is 0 Å². The third kappa shape index (κ3) is 2.59. The Bertz CT molecular complexity index is 330. The van der Waals surface area contributed by atoms with Crippen molar-refractivity contribution in [2.45, 2.75) is 44.8 Å². The maximum absolute atomic E-state index is 10.5. The Morgan fingerprint density at radius 3 is 3.19 bits per heavy atom. The second kappa shape index (κ2) is 4.93. The summed E-state index contributed by atoms with van der Waals surface area (Å²) in [6, 6.07) is 0. The molecule has 5 nitrogen and oxygen atoms in total. The van der Waals surface area contributed by atoms with E-state index in [9.17, 15) is 5.11 Å². The van der Waals surface area contributed by atoms with Gasteiger partial charge in [-0.2, -0.15) is 5.10 Å². The number of rotatable bonds is 3. The molecular weight excluding hydrogens is 206 g/mol. The Hall–Kier alpha value is -0.940. The average Bonchev–Trinajstić information content (AvgIpc) is 2.59. The number of aliphatic hydroxyl groups is 1. The molecule has 16 heavy (non-hydrogen) atoms. The third-order valence-corrected chi connectivity index (χ3v) is 3.12. The molecule has 0 bridgehead atoms. The molecule has 90 valence electrons. The Labute approximate surface area is 95.4 Å². The second-order valence-corrected chi connectivity index (χ2v) is 4.36.